The molecule has 1 amide bonds. The number of nitrogens with zero attached hydrogens (tertiary/aromatic N) is 3. The maximum atomic E-state index is 12.1. The molecule has 0 aromatic carbocycles. The van der Waals surface area contributed by atoms with Gasteiger partial charge in [-0.1, -0.05) is 11.6 Å². The molecule has 122 valence electrons. The summed E-state index contributed by atoms with van der Waals surface area (Å²) < 4.78 is 5.12. The third-order valence-electron chi connectivity index (χ3n) is 3.79. The monoisotopic (exact) mass is 326 g/mol. The zero-order chi connectivity index (χ0) is 15.9. The van der Waals surface area contributed by atoms with Crippen molar-refractivity contribution in [2.24, 2.45) is 0 Å². The standard InChI is InChI=1S/C15H23ClN4O2/c1-12-10-19(5-6-20(12)7-8-22-2)11-15(21)18-14-4-3-13(16)9-17-14/h3-4,9,12H,5-8,10-11H2,1-2H3,(H,17,18,21)/t12-/m1/s1. The highest BCUT2D eigenvalue weighted by atomic mass is 35.5. The summed E-state index contributed by atoms with van der Waals surface area (Å²) >= 11 is 5.77. The van der Waals surface area contributed by atoms with Crippen LogP contribution in [0.25, 0.3) is 0 Å². The highest BCUT2D eigenvalue weighted by molar-refractivity contribution is 6.30. The van der Waals surface area contributed by atoms with Gasteiger partial charge in [-0.25, -0.2) is 4.98 Å². The molecule has 2 rings (SSSR count). The lowest BCUT2D eigenvalue weighted by atomic mass is 10.2. The number of carbonyl (C=O) groups excluding carboxylic acids is 1. The first kappa shape index (κ1) is 17.1. The number of nitrogens with one attached hydrogen (secondary N) is 1. The Labute approximate surface area is 136 Å². The fourth-order valence-corrected chi connectivity index (χ4v) is 2.70. The van der Waals surface area contributed by atoms with Crippen LogP contribution in [0.15, 0.2) is 18.3 Å². The molecule has 1 saturated heterocycles. The van der Waals surface area contributed by atoms with Crippen LogP contribution in [0, 0.1) is 0 Å². The van der Waals surface area contributed by atoms with Crippen molar-refractivity contribution in [3.63, 3.8) is 0 Å². The molecule has 1 fully saturated rings. The lowest BCUT2D eigenvalue weighted by Crippen LogP contribution is -2.54. The zero-order valence-electron chi connectivity index (χ0n) is 13.1. The number of hydrogen-bond donors (Lipinski definition) is 1. The molecule has 1 aromatic heterocycles. The van der Waals surface area contributed by atoms with Crippen LogP contribution in [0.1, 0.15) is 6.92 Å². The van der Waals surface area contributed by atoms with Gasteiger partial charge >= 0.3 is 0 Å². The van der Waals surface area contributed by atoms with E-state index in [0.717, 1.165) is 32.8 Å². The fourth-order valence-electron chi connectivity index (χ4n) is 2.59. The summed E-state index contributed by atoms with van der Waals surface area (Å²) in [6.07, 6.45) is 1.52. The molecule has 6 nitrogen and oxygen atoms in total. The smallest absolute Gasteiger partial charge is 0.239 e. The summed E-state index contributed by atoms with van der Waals surface area (Å²) in [5, 5.41) is 3.35. The number of anilines is 1. The summed E-state index contributed by atoms with van der Waals surface area (Å²) in [5.74, 6) is 0.480. The summed E-state index contributed by atoms with van der Waals surface area (Å²) in [7, 11) is 1.72. The average Bonchev–Trinajstić information content (AvgIpc) is 2.49. The number of aromatic nitrogens is 1. The van der Waals surface area contributed by atoms with Crippen LogP contribution in [0.3, 0.4) is 0 Å². The molecule has 0 saturated carbocycles. The molecule has 22 heavy (non-hydrogen) atoms. The Kier molecular flexibility index (Phi) is 6.57. The summed E-state index contributed by atoms with van der Waals surface area (Å²) in [4.78, 5) is 20.7. The molecular formula is C15H23ClN4O2. The minimum Gasteiger partial charge on any atom is -0.383 e. The van der Waals surface area contributed by atoms with Gasteiger partial charge in [0.25, 0.3) is 0 Å². The summed E-state index contributed by atoms with van der Waals surface area (Å²) in [6, 6.07) is 3.83. The van der Waals surface area contributed by atoms with Crippen LogP contribution >= 0.6 is 11.6 Å². The van der Waals surface area contributed by atoms with Crippen LogP contribution in [-0.4, -0.2) is 73.2 Å². The van der Waals surface area contributed by atoms with Crippen molar-refractivity contribution in [1.82, 2.24) is 14.8 Å². The third kappa shape index (κ3) is 5.21. The second-order valence-electron chi connectivity index (χ2n) is 5.52. The van der Waals surface area contributed by atoms with Gasteiger partial charge in [-0.2, -0.15) is 0 Å². The number of pyridine rings is 1. The molecular weight excluding hydrogens is 304 g/mol. The minimum absolute atomic E-state index is 0.0487. The quantitative estimate of drug-likeness (QED) is 0.854. The van der Waals surface area contributed by atoms with E-state index in [2.05, 4.69) is 27.0 Å². The number of rotatable bonds is 6. The van der Waals surface area contributed by atoms with E-state index in [0.29, 0.717) is 23.4 Å². The maximum absolute atomic E-state index is 12.1. The van der Waals surface area contributed by atoms with E-state index in [1.165, 1.54) is 6.20 Å². The Morgan fingerprint density at radius 3 is 2.95 bits per heavy atom. The van der Waals surface area contributed by atoms with Crippen molar-refractivity contribution < 1.29 is 9.53 Å². The largest absolute Gasteiger partial charge is 0.383 e. The zero-order valence-corrected chi connectivity index (χ0v) is 13.8. The van der Waals surface area contributed by atoms with E-state index in [-0.39, 0.29) is 5.91 Å². The molecule has 1 N–H and O–H groups in total. The number of ether oxygens (including phenoxy) is 1. The lowest BCUT2D eigenvalue weighted by molar-refractivity contribution is -0.118. The number of hydrogen-bond acceptors (Lipinski definition) is 5. The van der Waals surface area contributed by atoms with Crippen LogP contribution in [0.5, 0.6) is 0 Å². The van der Waals surface area contributed by atoms with Gasteiger partial charge in [0.2, 0.25) is 5.91 Å². The lowest BCUT2D eigenvalue weighted by Gasteiger charge is -2.39. The highest BCUT2D eigenvalue weighted by Crippen LogP contribution is 2.11. The molecule has 0 radical (unpaired) electrons. The fraction of sp³-hybridized carbons (Fsp3) is 0.600. The van der Waals surface area contributed by atoms with E-state index < -0.39 is 0 Å². The van der Waals surface area contributed by atoms with Crippen LogP contribution < -0.4 is 5.32 Å². The number of methoxy groups -OCH3 is 1. The van der Waals surface area contributed by atoms with Crippen LogP contribution in [0.2, 0.25) is 5.02 Å². The number of halogens is 1. The molecule has 1 aliphatic rings. The Bertz CT molecular complexity index is 483. The van der Waals surface area contributed by atoms with E-state index >= 15 is 0 Å². The molecule has 1 aliphatic heterocycles. The number of piperazine rings is 1. The van der Waals surface area contributed by atoms with Gasteiger partial charge in [0, 0.05) is 45.5 Å². The van der Waals surface area contributed by atoms with Gasteiger partial charge in [-0.15, -0.1) is 0 Å². The van der Waals surface area contributed by atoms with Gasteiger partial charge in [0.15, 0.2) is 0 Å². The summed E-state index contributed by atoms with van der Waals surface area (Å²) in [5.41, 5.74) is 0. The van der Waals surface area contributed by atoms with E-state index in [1.54, 1.807) is 19.2 Å². The second-order valence-corrected chi connectivity index (χ2v) is 5.96. The van der Waals surface area contributed by atoms with Gasteiger partial charge in [-0.05, 0) is 19.1 Å². The van der Waals surface area contributed by atoms with Gasteiger partial charge in [-0.3, -0.25) is 14.6 Å². The van der Waals surface area contributed by atoms with Crippen LogP contribution in [-0.2, 0) is 9.53 Å². The van der Waals surface area contributed by atoms with E-state index in [9.17, 15) is 4.79 Å². The SMILES string of the molecule is COCCN1CCN(CC(=O)Nc2ccc(Cl)cn2)C[C@H]1C. The Morgan fingerprint density at radius 1 is 1.50 bits per heavy atom. The number of amides is 1. The normalized spacial score (nSPS) is 20.0. The molecule has 1 atom stereocenters. The molecule has 7 heteroatoms. The Hall–Kier alpha value is -1.21. The van der Waals surface area contributed by atoms with Crippen molar-refractivity contribution in [3.8, 4) is 0 Å². The topological polar surface area (TPSA) is 57.7 Å². The molecule has 0 aliphatic carbocycles. The first-order valence-corrected chi connectivity index (χ1v) is 7.83. The van der Waals surface area contributed by atoms with E-state index in [4.69, 9.17) is 16.3 Å². The molecule has 2 heterocycles. The van der Waals surface area contributed by atoms with Crippen molar-refractivity contribution in [3.05, 3.63) is 23.4 Å². The predicted octanol–water partition coefficient (Wildman–Crippen LogP) is 1.33. The molecule has 0 unspecified atom stereocenters. The van der Waals surface area contributed by atoms with E-state index in [1.807, 2.05) is 0 Å². The van der Waals surface area contributed by atoms with Gasteiger partial charge in [0.05, 0.1) is 18.2 Å². The van der Waals surface area contributed by atoms with Crippen molar-refractivity contribution in [2.45, 2.75) is 13.0 Å². The second kappa shape index (κ2) is 8.43. The molecule has 0 spiro atoms. The van der Waals surface area contributed by atoms with Crippen molar-refractivity contribution >= 4 is 23.3 Å². The maximum Gasteiger partial charge on any atom is 0.239 e. The predicted molar refractivity (Wildman–Crippen MR) is 87.2 cm³/mol. The summed E-state index contributed by atoms with van der Waals surface area (Å²) in [6.45, 7) is 6.96. The first-order valence-electron chi connectivity index (χ1n) is 7.45. The average molecular weight is 327 g/mol. The van der Waals surface area contributed by atoms with Gasteiger partial charge in [0.1, 0.15) is 5.82 Å². The first-order chi connectivity index (χ1) is 10.6. The minimum atomic E-state index is -0.0487. The number of carbonyl (C=O) groups is 1. The molecule has 1 aromatic rings. The van der Waals surface area contributed by atoms with Crippen LogP contribution in [0.4, 0.5) is 5.82 Å². The Balaban J connectivity index is 1.77. The van der Waals surface area contributed by atoms with Gasteiger partial charge < -0.3 is 10.1 Å². The van der Waals surface area contributed by atoms with Crippen molar-refractivity contribution in [2.75, 3.05) is 51.8 Å². The molecule has 0 bridgehead atoms. The third-order valence-corrected chi connectivity index (χ3v) is 4.02. The Morgan fingerprint density at radius 2 is 2.32 bits per heavy atom. The van der Waals surface area contributed by atoms with Crippen molar-refractivity contribution in [1.29, 1.82) is 0 Å². The highest BCUT2D eigenvalue weighted by Gasteiger charge is 2.24.